The van der Waals surface area contributed by atoms with E-state index >= 15 is 0 Å². The Kier molecular flexibility index (Phi) is 4.76. The second kappa shape index (κ2) is 6.10. The Morgan fingerprint density at radius 3 is 2.88 bits per heavy atom. The van der Waals surface area contributed by atoms with Crippen molar-refractivity contribution in [3.8, 4) is 0 Å². The molecular formula is C12H17NO3. The molecule has 0 aromatic rings. The van der Waals surface area contributed by atoms with Gasteiger partial charge in [0.15, 0.2) is 0 Å². The summed E-state index contributed by atoms with van der Waals surface area (Å²) in [5, 5.41) is 11.1. The van der Waals surface area contributed by atoms with Crippen molar-refractivity contribution in [2.24, 2.45) is 0 Å². The Hall–Kier alpha value is -1.58. The lowest BCUT2D eigenvalue weighted by atomic mass is 10.0. The van der Waals surface area contributed by atoms with Gasteiger partial charge in [-0.15, -0.1) is 0 Å². The van der Waals surface area contributed by atoms with E-state index in [-0.39, 0.29) is 12.3 Å². The molecule has 0 aliphatic heterocycles. The average Bonchev–Trinajstić information content (AvgIpc) is 2.24. The number of hydrogen-bond acceptors (Lipinski definition) is 2. The van der Waals surface area contributed by atoms with Crippen molar-refractivity contribution in [1.29, 1.82) is 0 Å². The van der Waals surface area contributed by atoms with Gasteiger partial charge in [0.2, 0.25) is 0 Å². The van der Waals surface area contributed by atoms with Gasteiger partial charge in [-0.3, -0.25) is 9.59 Å². The molecule has 0 unspecified atom stereocenters. The van der Waals surface area contributed by atoms with Crippen LogP contribution in [0.4, 0.5) is 0 Å². The molecule has 4 nitrogen and oxygen atoms in total. The van der Waals surface area contributed by atoms with Gasteiger partial charge in [-0.05, 0) is 26.2 Å². The summed E-state index contributed by atoms with van der Waals surface area (Å²) in [7, 11) is 0. The number of carboxylic acid groups (broad SMARTS) is 1. The molecule has 0 aromatic carbocycles. The molecule has 16 heavy (non-hydrogen) atoms. The summed E-state index contributed by atoms with van der Waals surface area (Å²) < 4.78 is 0. The van der Waals surface area contributed by atoms with Gasteiger partial charge in [-0.2, -0.15) is 0 Å². The molecular weight excluding hydrogens is 206 g/mol. The monoisotopic (exact) mass is 223 g/mol. The molecule has 0 saturated heterocycles. The average molecular weight is 223 g/mol. The molecule has 88 valence electrons. The van der Waals surface area contributed by atoms with Gasteiger partial charge in [0.1, 0.15) is 0 Å². The normalized spacial score (nSPS) is 15.1. The molecule has 0 fully saturated rings. The number of carbonyl (C=O) groups excluding carboxylic acids is 1. The minimum atomic E-state index is -0.832. The zero-order valence-corrected chi connectivity index (χ0v) is 9.45. The molecule has 1 amide bonds. The molecule has 0 heterocycles. The van der Waals surface area contributed by atoms with Crippen LogP contribution >= 0.6 is 0 Å². The van der Waals surface area contributed by atoms with Gasteiger partial charge in [0.05, 0.1) is 0 Å². The summed E-state index contributed by atoms with van der Waals surface area (Å²) in [6, 6.07) is 0. The van der Waals surface area contributed by atoms with E-state index in [1.54, 1.807) is 0 Å². The fourth-order valence-corrected chi connectivity index (χ4v) is 1.55. The number of amides is 1. The number of nitrogens with one attached hydrogen (secondary N) is 1. The minimum absolute atomic E-state index is 0.0915. The molecule has 2 N–H and O–H groups in total. The maximum absolute atomic E-state index is 11.6. The minimum Gasteiger partial charge on any atom is -0.481 e. The van der Waals surface area contributed by atoms with E-state index in [1.807, 2.05) is 19.1 Å². The second-order valence-corrected chi connectivity index (χ2v) is 3.94. The van der Waals surface area contributed by atoms with Gasteiger partial charge < -0.3 is 10.4 Å². The number of allylic oxidation sites excluding steroid dienone is 2. The SMILES string of the molecule is CC1=CC(C(=O)NCCCC(=O)O)=CCC1. The Balaban J connectivity index is 2.30. The highest BCUT2D eigenvalue weighted by Gasteiger charge is 2.09. The predicted octanol–water partition coefficient (Wildman–Crippen LogP) is 1.63. The Morgan fingerprint density at radius 2 is 2.25 bits per heavy atom. The summed E-state index contributed by atoms with van der Waals surface area (Å²) in [6.07, 6.45) is 6.27. The summed E-state index contributed by atoms with van der Waals surface area (Å²) in [6.45, 7) is 2.42. The van der Waals surface area contributed by atoms with Crippen LogP contribution in [-0.4, -0.2) is 23.5 Å². The van der Waals surface area contributed by atoms with Crippen LogP contribution in [0, 0.1) is 0 Å². The largest absolute Gasteiger partial charge is 0.481 e. The van der Waals surface area contributed by atoms with Crippen molar-refractivity contribution in [2.75, 3.05) is 6.54 Å². The van der Waals surface area contributed by atoms with Gasteiger partial charge in [0, 0.05) is 18.5 Å². The van der Waals surface area contributed by atoms with E-state index in [9.17, 15) is 9.59 Å². The zero-order valence-electron chi connectivity index (χ0n) is 9.45. The molecule has 0 aromatic heterocycles. The molecule has 0 saturated carbocycles. The van der Waals surface area contributed by atoms with Crippen molar-refractivity contribution >= 4 is 11.9 Å². The summed E-state index contributed by atoms with van der Waals surface area (Å²) in [5.74, 6) is -0.939. The van der Waals surface area contributed by atoms with Gasteiger partial charge in [-0.1, -0.05) is 17.7 Å². The van der Waals surface area contributed by atoms with Crippen LogP contribution in [0.5, 0.6) is 0 Å². The molecule has 0 bridgehead atoms. The van der Waals surface area contributed by atoms with Crippen LogP contribution in [-0.2, 0) is 9.59 Å². The first-order chi connectivity index (χ1) is 7.59. The number of hydrogen-bond donors (Lipinski definition) is 2. The number of carbonyl (C=O) groups is 2. The first-order valence-electron chi connectivity index (χ1n) is 5.47. The Bertz CT molecular complexity index is 342. The van der Waals surface area contributed by atoms with E-state index in [4.69, 9.17) is 5.11 Å². The van der Waals surface area contributed by atoms with Gasteiger partial charge >= 0.3 is 5.97 Å². The summed E-state index contributed by atoms with van der Waals surface area (Å²) in [4.78, 5) is 21.9. The zero-order chi connectivity index (χ0) is 12.0. The lowest BCUT2D eigenvalue weighted by Gasteiger charge is -2.10. The molecule has 0 radical (unpaired) electrons. The standard InChI is InChI=1S/C12H17NO3/c1-9-4-2-5-10(8-9)12(16)13-7-3-6-11(14)15/h5,8H,2-4,6-7H2,1H3,(H,13,16)(H,14,15). The second-order valence-electron chi connectivity index (χ2n) is 3.94. The van der Waals surface area contributed by atoms with Crippen molar-refractivity contribution < 1.29 is 14.7 Å². The van der Waals surface area contributed by atoms with E-state index in [1.165, 1.54) is 5.57 Å². The van der Waals surface area contributed by atoms with Gasteiger partial charge in [-0.25, -0.2) is 0 Å². The van der Waals surface area contributed by atoms with E-state index in [0.29, 0.717) is 18.5 Å². The van der Waals surface area contributed by atoms with E-state index in [2.05, 4.69) is 5.32 Å². The number of rotatable bonds is 5. The fourth-order valence-electron chi connectivity index (χ4n) is 1.55. The highest BCUT2D eigenvalue weighted by atomic mass is 16.4. The Morgan fingerprint density at radius 1 is 1.50 bits per heavy atom. The highest BCUT2D eigenvalue weighted by molar-refractivity contribution is 5.96. The molecule has 1 aliphatic rings. The molecule has 0 atom stereocenters. The topological polar surface area (TPSA) is 66.4 Å². The molecule has 1 aliphatic carbocycles. The fraction of sp³-hybridized carbons (Fsp3) is 0.500. The van der Waals surface area contributed by atoms with Crippen LogP contribution < -0.4 is 5.32 Å². The molecule has 0 spiro atoms. The maximum atomic E-state index is 11.6. The lowest BCUT2D eigenvalue weighted by molar-refractivity contribution is -0.137. The molecule has 4 heteroatoms. The smallest absolute Gasteiger partial charge is 0.303 e. The van der Waals surface area contributed by atoms with Crippen molar-refractivity contribution in [1.82, 2.24) is 5.32 Å². The van der Waals surface area contributed by atoms with Crippen molar-refractivity contribution in [3.63, 3.8) is 0 Å². The summed E-state index contributed by atoms with van der Waals surface area (Å²) >= 11 is 0. The van der Waals surface area contributed by atoms with Crippen LogP contribution in [0.3, 0.4) is 0 Å². The van der Waals surface area contributed by atoms with E-state index in [0.717, 1.165) is 12.8 Å². The number of aliphatic carboxylic acids is 1. The van der Waals surface area contributed by atoms with Crippen molar-refractivity contribution in [2.45, 2.75) is 32.6 Å². The third-order valence-electron chi connectivity index (χ3n) is 2.42. The first kappa shape index (κ1) is 12.5. The highest BCUT2D eigenvalue weighted by Crippen LogP contribution is 2.16. The number of carboxylic acids is 1. The first-order valence-corrected chi connectivity index (χ1v) is 5.47. The maximum Gasteiger partial charge on any atom is 0.303 e. The van der Waals surface area contributed by atoms with Gasteiger partial charge in [0.25, 0.3) is 5.91 Å². The van der Waals surface area contributed by atoms with Crippen LogP contribution in [0.15, 0.2) is 23.3 Å². The quantitative estimate of drug-likeness (QED) is 0.696. The summed E-state index contributed by atoms with van der Waals surface area (Å²) in [5.41, 5.74) is 1.90. The molecule has 1 rings (SSSR count). The van der Waals surface area contributed by atoms with Crippen molar-refractivity contribution in [3.05, 3.63) is 23.3 Å². The Labute approximate surface area is 95.0 Å². The predicted molar refractivity (Wildman–Crippen MR) is 61.0 cm³/mol. The van der Waals surface area contributed by atoms with Crippen LogP contribution in [0.2, 0.25) is 0 Å². The van der Waals surface area contributed by atoms with Crippen LogP contribution in [0.25, 0.3) is 0 Å². The van der Waals surface area contributed by atoms with E-state index < -0.39 is 5.97 Å². The van der Waals surface area contributed by atoms with Crippen LogP contribution in [0.1, 0.15) is 32.6 Å². The third kappa shape index (κ3) is 4.29. The lowest BCUT2D eigenvalue weighted by Crippen LogP contribution is -2.26. The third-order valence-corrected chi connectivity index (χ3v) is 2.42.